The number of nitriles is 1. The third-order valence-electron chi connectivity index (χ3n) is 4.15. The summed E-state index contributed by atoms with van der Waals surface area (Å²) in [5.41, 5.74) is 2.68. The molecule has 3 N–H and O–H groups in total. The highest BCUT2D eigenvalue weighted by Crippen LogP contribution is 2.38. The summed E-state index contributed by atoms with van der Waals surface area (Å²) in [6.45, 7) is -0.724. The van der Waals surface area contributed by atoms with E-state index in [9.17, 15) is 18.0 Å². The lowest BCUT2D eigenvalue weighted by Crippen LogP contribution is -2.45. The molecule has 0 saturated heterocycles. The second kappa shape index (κ2) is 8.06. The summed E-state index contributed by atoms with van der Waals surface area (Å²) in [4.78, 5) is 20.0. The lowest BCUT2D eigenvalue weighted by molar-refractivity contribution is -0.0145. The first-order valence-corrected chi connectivity index (χ1v) is 8.51. The van der Waals surface area contributed by atoms with Gasteiger partial charge in [0.05, 0.1) is 17.2 Å². The first-order valence-electron chi connectivity index (χ1n) is 8.14. The number of hydrogen-bond acceptors (Lipinski definition) is 6. The van der Waals surface area contributed by atoms with Crippen LogP contribution in [0.2, 0.25) is 5.02 Å². The topological polar surface area (TPSA) is 113 Å². The second-order valence-corrected chi connectivity index (χ2v) is 6.54. The average molecular weight is 424 g/mol. The molecule has 7 nitrogen and oxygen atoms in total. The second-order valence-electron chi connectivity index (χ2n) is 6.14. The molecule has 1 amide bonds. The van der Waals surface area contributed by atoms with E-state index >= 15 is 0 Å². The van der Waals surface area contributed by atoms with Crippen molar-refractivity contribution in [3.05, 3.63) is 58.1 Å². The third kappa shape index (κ3) is 4.01. The van der Waals surface area contributed by atoms with Gasteiger partial charge >= 0.3 is 0 Å². The molecule has 1 atom stereocenters. The molecule has 29 heavy (non-hydrogen) atoms. The molecule has 0 saturated carbocycles. The van der Waals surface area contributed by atoms with Crippen LogP contribution in [0.4, 0.5) is 18.9 Å². The summed E-state index contributed by atoms with van der Waals surface area (Å²) < 4.78 is 47.2. The Labute approximate surface area is 168 Å². The van der Waals surface area contributed by atoms with Gasteiger partial charge < -0.3 is 15.8 Å². The van der Waals surface area contributed by atoms with Crippen molar-refractivity contribution in [3.63, 3.8) is 0 Å². The van der Waals surface area contributed by atoms with E-state index in [1.807, 2.05) is 6.07 Å². The van der Waals surface area contributed by atoms with Gasteiger partial charge in [-0.15, -0.1) is 0 Å². The molecule has 2 heterocycles. The lowest BCUT2D eigenvalue weighted by atomic mass is 9.90. The number of hydrogen-bond donors (Lipinski definition) is 2. The van der Waals surface area contributed by atoms with Crippen molar-refractivity contribution in [2.45, 2.75) is 12.0 Å². The number of anilines is 1. The van der Waals surface area contributed by atoms with Crippen molar-refractivity contribution < 1.29 is 22.7 Å². The van der Waals surface area contributed by atoms with Gasteiger partial charge in [0.25, 0.3) is 12.3 Å². The lowest BCUT2D eigenvalue weighted by Gasteiger charge is -2.33. The molecule has 1 unspecified atom stereocenters. The molecule has 0 fully saturated rings. The predicted molar refractivity (Wildman–Crippen MR) is 98.4 cm³/mol. The number of rotatable bonds is 4. The largest absolute Gasteiger partial charge is 0.385 e. The summed E-state index contributed by atoms with van der Waals surface area (Å²) >= 11 is 5.95. The van der Waals surface area contributed by atoms with Crippen LogP contribution in [0.15, 0.2) is 35.5 Å². The normalized spacial score (nSPS) is 18.8. The molecule has 1 aliphatic rings. The number of benzene rings is 1. The minimum Gasteiger partial charge on any atom is -0.385 e. The molecule has 11 heteroatoms. The Kier molecular flexibility index (Phi) is 5.72. The van der Waals surface area contributed by atoms with Gasteiger partial charge in [0, 0.05) is 17.4 Å². The Morgan fingerprint density at radius 1 is 1.41 bits per heavy atom. The van der Waals surface area contributed by atoms with Crippen LogP contribution in [0.25, 0.3) is 0 Å². The molecule has 3 rings (SSSR count). The Hall–Kier alpha value is -3.16. The fourth-order valence-corrected chi connectivity index (χ4v) is 3.04. The van der Waals surface area contributed by atoms with Crippen LogP contribution in [0.5, 0.6) is 0 Å². The van der Waals surface area contributed by atoms with Crippen LogP contribution in [-0.2, 0) is 10.3 Å². The van der Waals surface area contributed by atoms with E-state index in [0.29, 0.717) is 0 Å². The van der Waals surface area contributed by atoms with Crippen LogP contribution in [0.1, 0.15) is 21.6 Å². The Morgan fingerprint density at radius 3 is 2.79 bits per heavy atom. The van der Waals surface area contributed by atoms with E-state index in [1.165, 1.54) is 12.1 Å². The zero-order valence-electron chi connectivity index (χ0n) is 14.6. The van der Waals surface area contributed by atoms with Crippen molar-refractivity contribution in [1.82, 2.24) is 4.98 Å². The monoisotopic (exact) mass is 423 g/mol. The van der Waals surface area contributed by atoms with Gasteiger partial charge in [-0.05, 0) is 24.3 Å². The summed E-state index contributed by atoms with van der Waals surface area (Å²) in [5.74, 6) is -1.93. The van der Waals surface area contributed by atoms with Gasteiger partial charge in [0.1, 0.15) is 30.0 Å². The molecule has 0 radical (unpaired) electrons. The number of aliphatic imine (C=N–C) groups is 1. The van der Waals surface area contributed by atoms with Gasteiger partial charge in [-0.1, -0.05) is 11.6 Å². The van der Waals surface area contributed by atoms with E-state index in [0.717, 1.165) is 18.3 Å². The van der Waals surface area contributed by atoms with Gasteiger partial charge in [-0.25, -0.2) is 18.2 Å². The first-order chi connectivity index (χ1) is 13.8. The average Bonchev–Trinajstić information content (AvgIpc) is 2.68. The molecular weight excluding hydrogens is 411 g/mol. The smallest absolute Gasteiger partial charge is 0.275 e. The van der Waals surface area contributed by atoms with E-state index < -0.39 is 35.9 Å². The van der Waals surface area contributed by atoms with Gasteiger partial charge in [0.2, 0.25) is 0 Å². The van der Waals surface area contributed by atoms with Crippen molar-refractivity contribution >= 4 is 29.0 Å². The van der Waals surface area contributed by atoms with Crippen molar-refractivity contribution in [3.8, 4) is 6.07 Å². The molecular formula is C18H13ClF3N5O2. The highest BCUT2D eigenvalue weighted by molar-refractivity contribution is 6.34. The minimum absolute atomic E-state index is 0.00740. The van der Waals surface area contributed by atoms with Crippen LogP contribution in [-0.4, -0.2) is 36.4 Å². The van der Waals surface area contributed by atoms with Crippen LogP contribution < -0.4 is 11.1 Å². The fourth-order valence-electron chi connectivity index (χ4n) is 2.79. The van der Waals surface area contributed by atoms with E-state index in [2.05, 4.69) is 15.3 Å². The zero-order valence-corrected chi connectivity index (χ0v) is 15.4. The van der Waals surface area contributed by atoms with Gasteiger partial charge in [-0.2, -0.15) is 5.26 Å². The van der Waals surface area contributed by atoms with Crippen molar-refractivity contribution in [2.75, 3.05) is 18.5 Å². The van der Waals surface area contributed by atoms with E-state index in [-0.39, 0.29) is 34.4 Å². The number of pyridine rings is 1. The fraction of sp³-hybridized carbons (Fsp3) is 0.222. The van der Waals surface area contributed by atoms with Crippen LogP contribution >= 0.6 is 11.6 Å². The van der Waals surface area contributed by atoms with Crippen LogP contribution in [0.3, 0.4) is 0 Å². The number of carbonyl (C=O) groups excluding carboxylic acids is 1. The molecule has 1 aromatic heterocycles. The molecule has 150 valence electrons. The SMILES string of the molecule is N#Cc1cnc(C(=O)Nc2ccc(F)c(C3(C(F)F)COCC(N)=N3)c2)c(Cl)c1. The summed E-state index contributed by atoms with van der Waals surface area (Å²) in [5, 5.41) is 11.2. The maximum Gasteiger partial charge on any atom is 0.275 e. The molecule has 1 aliphatic heterocycles. The predicted octanol–water partition coefficient (Wildman–Crippen LogP) is 2.85. The summed E-state index contributed by atoms with van der Waals surface area (Å²) in [6.07, 6.45) is -1.96. The molecule has 2 aromatic rings. The van der Waals surface area contributed by atoms with E-state index in [4.69, 9.17) is 27.3 Å². The number of alkyl halides is 2. The third-order valence-corrected chi connectivity index (χ3v) is 4.44. The molecule has 0 spiro atoms. The standard InChI is InChI=1S/C18H13ClF3N5O2/c19-12-3-9(5-23)6-25-15(12)16(28)26-10-1-2-13(20)11(4-10)18(17(21)22)8-29-7-14(24)27-18/h1-4,6,17H,7-8H2,(H2,24,27)(H,26,28). The van der Waals surface area contributed by atoms with Crippen molar-refractivity contribution in [2.24, 2.45) is 10.7 Å². The number of amides is 1. The number of nitrogens with zero attached hydrogens (tertiary/aromatic N) is 3. The molecule has 1 aromatic carbocycles. The quantitative estimate of drug-likeness (QED) is 0.785. The first kappa shape index (κ1) is 20.6. The molecule has 0 bridgehead atoms. The van der Waals surface area contributed by atoms with Gasteiger partial charge in [-0.3, -0.25) is 9.79 Å². The maximum absolute atomic E-state index is 14.4. The number of amidine groups is 1. The number of halogens is 4. The Balaban J connectivity index is 1.96. The highest BCUT2D eigenvalue weighted by Gasteiger charge is 2.46. The van der Waals surface area contributed by atoms with Crippen LogP contribution in [0, 0.1) is 17.1 Å². The Morgan fingerprint density at radius 2 is 2.17 bits per heavy atom. The number of carbonyl (C=O) groups is 1. The van der Waals surface area contributed by atoms with Gasteiger partial charge in [0.15, 0.2) is 5.54 Å². The number of nitrogens with two attached hydrogens (primary N) is 1. The number of ether oxygens (including phenoxy) is 1. The Bertz CT molecular complexity index is 1040. The molecule has 0 aliphatic carbocycles. The zero-order chi connectivity index (χ0) is 21.2. The van der Waals surface area contributed by atoms with E-state index in [1.54, 1.807) is 0 Å². The minimum atomic E-state index is -3.11. The number of nitrogens with one attached hydrogen (secondary N) is 1. The number of aromatic nitrogens is 1. The maximum atomic E-state index is 14.4. The summed E-state index contributed by atoms with van der Waals surface area (Å²) in [6, 6.07) is 6.21. The highest BCUT2D eigenvalue weighted by atomic mass is 35.5. The summed E-state index contributed by atoms with van der Waals surface area (Å²) in [7, 11) is 0. The van der Waals surface area contributed by atoms with Crippen molar-refractivity contribution in [1.29, 1.82) is 5.26 Å².